The number of piperidine rings is 1. The minimum atomic E-state index is -0.595. The van der Waals surface area contributed by atoms with Gasteiger partial charge in [-0.2, -0.15) is 11.3 Å². The van der Waals surface area contributed by atoms with Crippen LogP contribution in [0.3, 0.4) is 0 Å². The Kier molecular flexibility index (Phi) is 5.07. The van der Waals surface area contributed by atoms with E-state index in [1.165, 1.54) is 5.56 Å². The zero-order valence-electron chi connectivity index (χ0n) is 13.3. The van der Waals surface area contributed by atoms with E-state index in [1.54, 1.807) is 18.3 Å². The topological polar surface area (TPSA) is 71.2 Å². The largest absolute Gasteiger partial charge is 0.387 e. The average molecular weight is 334 g/mol. The number of hydrogen-bond acceptors (Lipinski definition) is 5. The minimum absolute atomic E-state index is 0.234. The van der Waals surface area contributed by atoms with Crippen molar-refractivity contribution in [3.63, 3.8) is 0 Å². The van der Waals surface area contributed by atoms with Gasteiger partial charge in [0.15, 0.2) is 0 Å². The molecule has 2 aromatic heterocycles. The predicted molar refractivity (Wildman–Crippen MR) is 88.1 cm³/mol. The fourth-order valence-electron chi connectivity index (χ4n) is 2.88. The van der Waals surface area contributed by atoms with Crippen LogP contribution in [-0.2, 0) is 11.2 Å². The summed E-state index contributed by atoms with van der Waals surface area (Å²) in [4.78, 5) is 14.2. The fraction of sp³-hybridized carbons (Fsp3) is 0.562. The molecule has 2 aromatic rings. The van der Waals surface area contributed by atoms with Crippen molar-refractivity contribution in [2.24, 2.45) is 0 Å². The van der Waals surface area contributed by atoms with E-state index in [4.69, 9.17) is 0 Å². The summed E-state index contributed by atoms with van der Waals surface area (Å²) in [5, 5.41) is 21.8. The first-order valence-electron chi connectivity index (χ1n) is 8.02. The molecule has 1 fully saturated rings. The highest BCUT2D eigenvalue weighted by molar-refractivity contribution is 7.07. The highest BCUT2D eigenvalue weighted by atomic mass is 32.1. The van der Waals surface area contributed by atoms with Gasteiger partial charge in [0.05, 0.1) is 18.3 Å². The quantitative estimate of drug-likeness (QED) is 0.910. The van der Waals surface area contributed by atoms with Crippen LogP contribution < -0.4 is 0 Å². The summed E-state index contributed by atoms with van der Waals surface area (Å²) >= 11 is 1.67. The van der Waals surface area contributed by atoms with E-state index in [-0.39, 0.29) is 11.9 Å². The Morgan fingerprint density at radius 1 is 1.48 bits per heavy atom. The Bertz CT molecular complexity index is 630. The molecule has 3 rings (SSSR count). The van der Waals surface area contributed by atoms with Gasteiger partial charge in [0.2, 0.25) is 5.91 Å². The second-order valence-electron chi connectivity index (χ2n) is 6.04. The number of aryl methyl sites for hydroxylation is 1. The molecular weight excluding hydrogens is 312 g/mol. The Morgan fingerprint density at radius 3 is 2.87 bits per heavy atom. The minimum Gasteiger partial charge on any atom is -0.387 e. The number of rotatable bonds is 5. The predicted octanol–water partition coefficient (Wildman–Crippen LogP) is 2.19. The first-order valence-corrected chi connectivity index (χ1v) is 8.96. The third-order valence-electron chi connectivity index (χ3n) is 4.35. The maximum atomic E-state index is 12.3. The van der Waals surface area contributed by atoms with Gasteiger partial charge in [0.1, 0.15) is 5.69 Å². The van der Waals surface area contributed by atoms with Crippen LogP contribution in [0.2, 0.25) is 0 Å². The molecule has 0 aliphatic carbocycles. The molecule has 0 saturated carbocycles. The molecule has 0 bridgehead atoms. The second-order valence-corrected chi connectivity index (χ2v) is 6.82. The normalized spacial score (nSPS) is 17.4. The van der Waals surface area contributed by atoms with Gasteiger partial charge in [-0.1, -0.05) is 5.21 Å². The third kappa shape index (κ3) is 3.97. The summed E-state index contributed by atoms with van der Waals surface area (Å²) in [7, 11) is 0. The van der Waals surface area contributed by atoms with Crippen molar-refractivity contribution in [2.45, 2.75) is 44.8 Å². The van der Waals surface area contributed by atoms with Gasteiger partial charge in [-0.15, -0.1) is 5.10 Å². The molecule has 3 heterocycles. The Labute approximate surface area is 139 Å². The van der Waals surface area contributed by atoms with E-state index in [1.807, 2.05) is 21.2 Å². The summed E-state index contributed by atoms with van der Waals surface area (Å²) in [6, 6.07) is 2.34. The molecule has 7 heteroatoms. The number of aromatic nitrogens is 3. The van der Waals surface area contributed by atoms with E-state index in [2.05, 4.69) is 21.8 Å². The molecule has 0 unspecified atom stereocenters. The van der Waals surface area contributed by atoms with Crippen LogP contribution >= 0.6 is 11.3 Å². The maximum absolute atomic E-state index is 12.3. The van der Waals surface area contributed by atoms with Gasteiger partial charge in [-0.05, 0) is 48.6 Å². The molecule has 1 amide bonds. The SMILES string of the molecule is C[C@@H](O)c1cn(C2CCN(C(=O)CCc3ccsc3)CC2)nn1. The molecule has 6 nitrogen and oxygen atoms in total. The number of aliphatic hydroxyl groups excluding tert-OH is 1. The van der Waals surface area contributed by atoms with Gasteiger partial charge in [-0.25, -0.2) is 4.68 Å². The molecule has 0 aromatic carbocycles. The summed E-state index contributed by atoms with van der Waals surface area (Å²) in [5.74, 6) is 0.234. The van der Waals surface area contributed by atoms with E-state index in [0.29, 0.717) is 12.1 Å². The van der Waals surface area contributed by atoms with Crippen LogP contribution in [0, 0.1) is 0 Å². The van der Waals surface area contributed by atoms with Crippen molar-refractivity contribution in [2.75, 3.05) is 13.1 Å². The van der Waals surface area contributed by atoms with Crippen molar-refractivity contribution in [1.82, 2.24) is 19.9 Å². The van der Waals surface area contributed by atoms with Crippen LogP contribution in [0.5, 0.6) is 0 Å². The molecule has 124 valence electrons. The first-order chi connectivity index (χ1) is 11.1. The lowest BCUT2D eigenvalue weighted by Crippen LogP contribution is -2.39. The smallest absolute Gasteiger partial charge is 0.222 e. The molecule has 1 atom stereocenters. The first kappa shape index (κ1) is 16.1. The summed E-state index contributed by atoms with van der Waals surface area (Å²) in [6.45, 7) is 3.21. The zero-order valence-corrected chi connectivity index (χ0v) is 14.1. The highest BCUT2D eigenvalue weighted by Gasteiger charge is 2.24. The van der Waals surface area contributed by atoms with Crippen LogP contribution in [-0.4, -0.2) is 44.0 Å². The van der Waals surface area contributed by atoms with Crippen LogP contribution in [0.25, 0.3) is 0 Å². The number of amides is 1. The third-order valence-corrected chi connectivity index (χ3v) is 5.09. The number of aliphatic hydroxyl groups is 1. The van der Waals surface area contributed by atoms with Crippen LogP contribution in [0.15, 0.2) is 23.0 Å². The van der Waals surface area contributed by atoms with Crippen molar-refractivity contribution < 1.29 is 9.90 Å². The van der Waals surface area contributed by atoms with Crippen molar-refractivity contribution >= 4 is 17.2 Å². The molecule has 1 aliphatic rings. The summed E-state index contributed by atoms with van der Waals surface area (Å²) in [5.41, 5.74) is 1.84. The van der Waals surface area contributed by atoms with Crippen molar-refractivity contribution in [3.05, 3.63) is 34.3 Å². The number of thiophene rings is 1. The second kappa shape index (κ2) is 7.23. The molecule has 1 saturated heterocycles. The standard InChI is InChI=1S/C16H22N4O2S/c1-12(21)15-10-20(18-17-15)14-4-7-19(8-5-14)16(22)3-2-13-6-9-23-11-13/h6,9-12,14,21H,2-5,7-8H2,1H3/t12-/m1/s1. The summed E-state index contributed by atoms with van der Waals surface area (Å²) in [6.07, 6.45) is 4.38. The molecule has 1 N–H and O–H groups in total. The van der Waals surface area contributed by atoms with Crippen molar-refractivity contribution in [1.29, 1.82) is 0 Å². The van der Waals surface area contributed by atoms with Gasteiger partial charge in [0.25, 0.3) is 0 Å². The van der Waals surface area contributed by atoms with Gasteiger partial charge >= 0.3 is 0 Å². The molecule has 0 radical (unpaired) electrons. The molecular formula is C16H22N4O2S. The Morgan fingerprint density at radius 2 is 2.26 bits per heavy atom. The van der Waals surface area contributed by atoms with E-state index in [9.17, 15) is 9.90 Å². The van der Waals surface area contributed by atoms with Crippen molar-refractivity contribution in [3.8, 4) is 0 Å². The Hall–Kier alpha value is -1.73. The lowest BCUT2D eigenvalue weighted by atomic mass is 10.0. The van der Waals surface area contributed by atoms with Crippen LogP contribution in [0.1, 0.15) is 49.6 Å². The van der Waals surface area contributed by atoms with Gasteiger partial charge in [-0.3, -0.25) is 4.79 Å². The number of carbonyl (C=O) groups excluding carboxylic acids is 1. The number of carbonyl (C=O) groups is 1. The molecule has 1 aliphatic heterocycles. The average Bonchev–Trinajstić information content (AvgIpc) is 3.24. The molecule has 0 spiro atoms. The lowest BCUT2D eigenvalue weighted by Gasteiger charge is -2.32. The lowest BCUT2D eigenvalue weighted by molar-refractivity contribution is -0.132. The van der Waals surface area contributed by atoms with Crippen LogP contribution in [0.4, 0.5) is 0 Å². The van der Waals surface area contributed by atoms with E-state index in [0.717, 1.165) is 32.4 Å². The summed E-state index contributed by atoms with van der Waals surface area (Å²) < 4.78 is 1.83. The number of likely N-dealkylation sites (tertiary alicyclic amines) is 1. The number of hydrogen-bond donors (Lipinski definition) is 1. The highest BCUT2D eigenvalue weighted by Crippen LogP contribution is 2.23. The van der Waals surface area contributed by atoms with Gasteiger partial charge < -0.3 is 10.0 Å². The van der Waals surface area contributed by atoms with E-state index < -0.39 is 6.10 Å². The molecule has 23 heavy (non-hydrogen) atoms. The van der Waals surface area contributed by atoms with Gasteiger partial charge in [0, 0.05) is 19.5 Å². The monoisotopic (exact) mass is 334 g/mol. The van der Waals surface area contributed by atoms with E-state index >= 15 is 0 Å². The fourth-order valence-corrected chi connectivity index (χ4v) is 3.59. The maximum Gasteiger partial charge on any atom is 0.222 e. The Balaban J connectivity index is 1.48. The number of nitrogens with zero attached hydrogens (tertiary/aromatic N) is 4. The zero-order chi connectivity index (χ0) is 16.2.